The lowest BCUT2D eigenvalue weighted by Crippen LogP contribution is -2.10. The molecule has 2 aromatic rings. The molecule has 0 N–H and O–H groups in total. The van der Waals surface area contributed by atoms with Crippen LogP contribution in [0.25, 0.3) is 0 Å². The number of nitro benzene ring substituents is 1. The van der Waals surface area contributed by atoms with Gasteiger partial charge in [-0.15, -0.1) is 0 Å². The average molecular weight is 364 g/mol. The quantitative estimate of drug-likeness (QED) is 0.355. The summed E-state index contributed by atoms with van der Waals surface area (Å²) in [6.07, 6.45) is 0.695. The van der Waals surface area contributed by atoms with E-state index in [9.17, 15) is 14.9 Å². The monoisotopic (exact) mass is 363 g/mol. The summed E-state index contributed by atoms with van der Waals surface area (Å²) in [7, 11) is 0. The Bertz CT molecular complexity index is 851. The highest BCUT2D eigenvalue weighted by Gasteiger charge is 2.22. The number of rotatable bonds is 3. The van der Waals surface area contributed by atoms with Gasteiger partial charge in [0.2, 0.25) is 5.75 Å². The average Bonchev–Trinajstić information content (AvgIpc) is 2.82. The first kappa shape index (κ1) is 17.0. The van der Waals surface area contributed by atoms with Crippen molar-refractivity contribution in [3.63, 3.8) is 0 Å². The van der Waals surface area contributed by atoms with Crippen LogP contribution in [0, 0.1) is 17.0 Å². The summed E-state index contributed by atoms with van der Waals surface area (Å²) >= 11 is 6.15. The zero-order chi connectivity index (χ0) is 18.0. The molecule has 1 aliphatic heterocycles. The maximum Gasteiger partial charge on any atom is 0.343 e. The molecule has 8 heteroatoms. The third-order valence-corrected chi connectivity index (χ3v) is 3.83. The third kappa shape index (κ3) is 3.66. The molecule has 0 atom stereocenters. The van der Waals surface area contributed by atoms with Gasteiger partial charge in [-0.1, -0.05) is 17.7 Å². The second-order valence-corrected chi connectivity index (χ2v) is 5.86. The Hall–Kier alpha value is -2.80. The van der Waals surface area contributed by atoms with Gasteiger partial charge in [0, 0.05) is 12.5 Å². The van der Waals surface area contributed by atoms with Gasteiger partial charge < -0.3 is 14.2 Å². The highest BCUT2D eigenvalue weighted by molar-refractivity contribution is 6.32. The number of fused-ring (bicyclic) bond motifs is 1. The molecule has 0 bridgehead atoms. The van der Waals surface area contributed by atoms with Crippen LogP contribution in [0.15, 0.2) is 30.3 Å². The van der Waals surface area contributed by atoms with Crippen LogP contribution in [0.3, 0.4) is 0 Å². The van der Waals surface area contributed by atoms with E-state index >= 15 is 0 Å². The van der Waals surface area contributed by atoms with Gasteiger partial charge in [0.05, 0.1) is 28.7 Å². The van der Waals surface area contributed by atoms with Crippen LogP contribution in [0.4, 0.5) is 5.69 Å². The van der Waals surface area contributed by atoms with E-state index < -0.39 is 10.9 Å². The van der Waals surface area contributed by atoms with Gasteiger partial charge in [0.15, 0.2) is 11.5 Å². The Kier molecular flexibility index (Phi) is 4.76. The summed E-state index contributed by atoms with van der Waals surface area (Å²) in [5.74, 6) is -0.194. The van der Waals surface area contributed by atoms with E-state index in [1.165, 1.54) is 24.3 Å². The van der Waals surface area contributed by atoms with Gasteiger partial charge in [0.25, 0.3) is 0 Å². The van der Waals surface area contributed by atoms with Gasteiger partial charge in [-0.3, -0.25) is 10.1 Å². The number of halogens is 1. The molecule has 7 nitrogen and oxygen atoms in total. The molecule has 0 amide bonds. The van der Waals surface area contributed by atoms with Crippen LogP contribution in [0.1, 0.15) is 22.3 Å². The summed E-state index contributed by atoms with van der Waals surface area (Å²) in [6.45, 7) is 2.61. The summed E-state index contributed by atoms with van der Waals surface area (Å²) in [4.78, 5) is 22.9. The van der Waals surface area contributed by atoms with E-state index in [-0.39, 0.29) is 22.0 Å². The largest absolute Gasteiger partial charge is 0.489 e. The Morgan fingerprint density at radius 3 is 2.76 bits per heavy atom. The Morgan fingerprint density at radius 1 is 1.24 bits per heavy atom. The number of carbonyl (C=O) groups is 1. The topological polar surface area (TPSA) is 87.9 Å². The van der Waals surface area contributed by atoms with E-state index in [0.29, 0.717) is 36.7 Å². The Balaban J connectivity index is 1.91. The van der Waals surface area contributed by atoms with Crippen LogP contribution in [0.5, 0.6) is 17.2 Å². The fourth-order valence-electron chi connectivity index (χ4n) is 2.36. The lowest BCUT2D eigenvalue weighted by Gasteiger charge is -2.11. The van der Waals surface area contributed by atoms with Crippen LogP contribution in [-0.4, -0.2) is 24.1 Å². The minimum atomic E-state index is -0.774. The SMILES string of the molecule is Cc1ccc(OC(=O)c2cc(Cl)c3c(c2)OCCCO3)c([N+](=O)[O-])c1. The molecule has 1 heterocycles. The minimum absolute atomic E-state index is 0.115. The van der Waals surface area contributed by atoms with Crippen molar-refractivity contribution >= 4 is 23.3 Å². The van der Waals surface area contributed by atoms with E-state index in [1.807, 2.05) is 0 Å². The molecule has 0 saturated heterocycles. The Morgan fingerprint density at radius 2 is 2.00 bits per heavy atom. The maximum absolute atomic E-state index is 12.4. The number of benzene rings is 2. The molecule has 0 saturated carbocycles. The summed E-state index contributed by atoms with van der Waals surface area (Å²) < 4.78 is 16.2. The number of aryl methyl sites for hydroxylation is 1. The fourth-order valence-corrected chi connectivity index (χ4v) is 2.63. The molecular weight excluding hydrogens is 350 g/mol. The molecule has 130 valence electrons. The van der Waals surface area contributed by atoms with Gasteiger partial charge in [-0.25, -0.2) is 4.79 Å². The molecule has 0 radical (unpaired) electrons. The number of hydrogen-bond donors (Lipinski definition) is 0. The number of carbonyl (C=O) groups excluding carboxylic acids is 1. The second-order valence-electron chi connectivity index (χ2n) is 5.45. The maximum atomic E-state index is 12.4. The highest BCUT2D eigenvalue weighted by atomic mass is 35.5. The number of ether oxygens (including phenoxy) is 3. The number of hydrogen-bond acceptors (Lipinski definition) is 6. The van der Waals surface area contributed by atoms with Crippen molar-refractivity contribution < 1.29 is 23.9 Å². The van der Waals surface area contributed by atoms with E-state index in [0.717, 1.165) is 0 Å². The van der Waals surface area contributed by atoms with Crippen LogP contribution in [0.2, 0.25) is 5.02 Å². The van der Waals surface area contributed by atoms with E-state index in [2.05, 4.69) is 0 Å². The standard InChI is InChI=1S/C17H14ClNO6/c1-10-3-4-14(13(7-10)19(21)22)25-17(20)11-8-12(18)16-15(9-11)23-5-2-6-24-16/h3-4,7-9H,2,5-6H2,1H3. The minimum Gasteiger partial charge on any atom is -0.489 e. The van der Waals surface area contributed by atoms with Gasteiger partial charge in [0.1, 0.15) is 0 Å². The smallest absolute Gasteiger partial charge is 0.343 e. The van der Waals surface area contributed by atoms with Crippen molar-refractivity contribution in [1.82, 2.24) is 0 Å². The molecule has 0 spiro atoms. The summed E-state index contributed by atoms with van der Waals surface area (Å²) in [5, 5.41) is 11.3. The van der Waals surface area contributed by atoms with Crippen molar-refractivity contribution in [2.75, 3.05) is 13.2 Å². The van der Waals surface area contributed by atoms with Gasteiger partial charge >= 0.3 is 11.7 Å². The number of esters is 1. The summed E-state index contributed by atoms with van der Waals surface area (Å²) in [6, 6.07) is 7.18. The van der Waals surface area contributed by atoms with E-state index in [4.69, 9.17) is 25.8 Å². The fraction of sp³-hybridized carbons (Fsp3) is 0.235. The second kappa shape index (κ2) is 6.98. The molecule has 25 heavy (non-hydrogen) atoms. The Labute approximate surface area is 148 Å². The van der Waals surface area contributed by atoms with Crippen molar-refractivity contribution in [3.05, 3.63) is 56.6 Å². The van der Waals surface area contributed by atoms with Crippen LogP contribution in [-0.2, 0) is 0 Å². The van der Waals surface area contributed by atoms with Crippen molar-refractivity contribution in [2.45, 2.75) is 13.3 Å². The van der Waals surface area contributed by atoms with Crippen LogP contribution >= 0.6 is 11.6 Å². The predicted octanol–water partition coefficient (Wildman–Crippen LogP) is 3.94. The molecule has 0 aromatic heterocycles. The molecule has 0 aliphatic carbocycles. The first-order valence-electron chi connectivity index (χ1n) is 7.52. The molecule has 0 fully saturated rings. The molecular formula is C17H14ClNO6. The first-order valence-corrected chi connectivity index (χ1v) is 7.90. The van der Waals surface area contributed by atoms with Gasteiger partial charge in [-0.05, 0) is 30.7 Å². The molecule has 3 rings (SSSR count). The highest BCUT2D eigenvalue weighted by Crippen LogP contribution is 2.38. The molecule has 0 unspecified atom stereocenters. The lowest BCUT2D eigenvalue weighted by atomic mass is 10.2. The van der Waals surface area contributed by atoms with Crippen molar-refractivity contribution in [1.29, 1.82) is 0 Å². The van der Waals surface area contributed by atoms with Crippen molar-refractivity contribution in [3.8, 4) is 17.2 Å². The van der Waals surface area contributed by atoms with Gasteiger partial charge in [-0.2, -0.15) is 0 Å². The predicted molar refractivity (Wildman–Crippen MR) is 89.9 cm³/mol. The normalized spacial score (nSPS) is 13.0. The van der Waals surface area contributed by atoms with Crippen molar-refractivity contribution in [2.24, 2.45) is 0 Å². The third-order valence-electron chi connectivity index (χ3n) is 3.55. The van der Waals surface area contributed by atoms with E-state index in [1.54, 1.807) is 13.0 Å². The van der Waals surface area contributed by atoms with Crippen LogP contribution < -0.4 is 14.2 Å². The lowest BCUT2D eigenvalue weighted by molar-refractivity contribution is -0.385. The first-order chi connectivity index (χ1) is 12.0. The number of nitro groups is 1. The molecule has 2 aromatic carbocycles. The molecule has 1 aliphatic rings. The zero-order valence-corrected chi connectivity index (χ0v) is 14.0. The number of nitrogens with zero attached hydrogens (tertiary/aromatic N) is 1. The summed E-state index contributed by atoms with van der Waals surface area (Å²) in [5.41, 5.74) is 0.517. The zero-order valence-electron chi connectivity index (χ0n) is 13.3.